The van der Waals surface area contributed by atoms with Gasteiger partial charge < -0.3 is 15.4 Å². The van der Waals surface area contributed by atoms with Gasteiger partial charge in [-0.15, -0.1) is 11.3 Å². The van der Waals surface area contributed by atoms with E-state index in [0.29, 0.717) is 19.1 Å². The minimum Gasteiger partial charge on any atom is -0.383 e. The Hall–Kier alpha value is -0.590. The van der Waals surface area contributed by atoms with Gasteiger partial charge >= 0.3 is 6.03 Å². The first kappa shape index (κ1) is 13.8. The van der Waals surface area contributed by atoms with Crippen LogP contribution in [0, 0.1) is 5.92 Å². The molecule has 1 saturated carbocycles. The Morgan fingerprint density at radius 2 is 2.44 bits per heavy atom. The number of amides is 2. The summed E-state index contributed by atoms with van der Waals surface area (Å²) in [5.74, 6) is 0.587. The average Bonchev–Trinajstić information content (AvgIpc) is 3.10. The van der Waals surface area contributed by atoms with E-state index in [0.717, 1.165) is 9.35 Å². The van der Waals surface area contributed by atoms with E-state index in [-0.39, 0.29) is 12.1 Å². The monoisotopic (exact) mass is 332 g/mol. The second-order valence-electron chi connectivity index (χ2n) is 4.45. The van der Waals surface area contributed by atoms with Crippen molar-refractivity contribution in [2.75, 3.05) is 13.7 Å². The van der Waals surface area contributed by atoms with E-state index in [9.17, 15) is 4.79 Å². The van der Waals surface area contributed by atoms with Crippen LogP contribution in [-0.4, -0.2) is 25.8 Å². The number of carbonyl (C=O) groups is 1. The van der Waals surface area contributed by atoms with Crippen molar-refractivity contribution in [3.8, 4) is 0 Å². The van der Waals surface area contributed by atoms with E-state index in [4.69, 9.17) is 4.74 Å². The van der Waals surface area contributed by atoms with Gasteiger partial charge in [-0.05, 0) is 51.7 Å². The van der Waals surface area contributed by atoms with Crippen molar-refractivity contribution in [3.63, 3.8) is 0 Å². The van der Waals surface area contributed by atoms with Gasteiger partial charge in [-0.1, -0.05) is 0 Å². The maximum absolute atomic E-state index is 11.8. The van der Waals surface area contributed by atoms with Gasteiger partial charge in [-0.3, -0.25) is 0 Å². The van der Waals surface area contributed by atoms with Crippen LogP contribution in [0.3, 0.4) is 0 Å². The van der Waals surface area contributed by atoms with Gasteiger partial charge in [-0.25, -0.2) is 4.79 Å². The van der Waals surface area contributed by atoms with E-state index in [2.05, 4.69) is 26.6 Å². The molecule has 0 unspecified atom stereocenters. The molecule has 6 heteroatoms. The molecule has 2 rings (SSSR count). The zero-order chi connectivity index (χ0) is 13.0. The average molecular weight is 333 g/mol. The van der Waals surface area contributed by atoms with Crippen molar-refractivity contribution in [2.45, 2.75) is 25.4 Å². The highest BCUT2D eigenvalue weighted by atomic mass is 79.9. The summed E-state index contributed by atoms with van der Waals surface area (Å²) >= 11 is 5.07. The van der Waals surface area contributed by atoms with Gasteiger partial charge in [0.25, 0.3) is 0 Å². The molecule has 1 aliphatic rings. The van der Waals surface area contributed by atoms with Gasteiger partial charge in [0.1, 0.15) is 0 Å². The third kappa shape index (κ3) is 3.96. The third-order valence-electron chi connectivity index (χ3n) is 2.99. The maximum atomic E-state index is 11.8. The third-order valence-corrected chi connectivity index (χ3v) is 4.80. The lowest BCUT2D eigenvalue weighted by molar-refractivity contribution is 0.157. The molecule has 1 fully saturated rings. The van der Waals surface area contributed by atoms with Crippen LogP contribution in [0.1, 0.15) is 18.4 Å². The number of carbonyl (C=O) groups excluding carboxylic acids is 1. The first-order valence-corrected chi connectivity index (χ1v) is 7.63. The zero-order valence-electron chi connectivity index (χ0n) is 10.2. The topological polar surface area (TPSA) is 50.4 Å². The smallest absolute Gasteiger partial charge is 0.315 e. The first-order chi connectivity index (χ1) is 8.70. The van der Waals surface area contributed by atoms with Crippen LogP contribution in [0.2, 0.25) is 0 Å². The maximum Gasteiger partial charge on any atom is 0.315 e. The molecular weight excluding hydrogens is 316 g/mol. The van der Waals surface area contributed by atoms with Gasteiger partial charge in [0.15, 0.2) is 0 Å². The largest absolute Gasteiger partial charge is 0.383 e. The van der Waals surface area contributed by atoms with E-state index in [1.54, 1.807) is 18.4 Å². The summed E-state index contributed by atoms with van der Waals surface area (Å²) in [6.07, 6.45) is 2.37. The second kappa shape index (κ2) is 6.54. The molecule has 1 aromatic heterocycles. The highest BCUT2D eigenvalue weighted by Crippen LogP contribution is 2.32. The van der Waals surface area contributed by atoms with E-state index in [1.165, 1.54) is 12.8 Å². The molecular formula is C12H17BrN2O2S. The lowest BCUT2D eigenvalue weighted by Gasteiger charge is -2.17. The highest BCUT2D eigenvalue weighted by molar-refractivity contribution is 9.11. The molecule has 2 amide bonds. The molecule has 0 radical (unpaired) electrons. The summed E-state index contributed by atoms with van der Waals surface area (Å²) in [6, 6.07) is 2.02. The molecule has 0 aromatic carbocycles. The second-order valence-corrected chi connectivity index (χ2v) is 6.68. The molecule has 1 aliphatic carbocycles. The lowest BCUT2D eigenvalue weighted by atomic mass is 10.2. The molecule has 100 valence electrons. The summed E-state index contributed by atoms with van der Waals surface area (Å²) < 4.78 is 6.20. The molecule has 0 aliphatic heterocycles. The van der Waals surface area contributed by atoms with Crippen LogP contribution in [0.5, 0.6) is 0 Å². The fourth-order valence-corrected chi connectivity index (χ4v) is 3.05. The normalized spacial score (nSPS) is 16.3. The SMILES string of the molecule is COC[C@H](NC(=O)NCc1ccsc1Br)C1CC1. The predicted octanol–water partition coefficient (Wildman–Crippen LogP) is 2.73. The lowest BCUT2D eigenvalue weighted by Crippen LogP contribution is -2.45. The Bertz CT molecular complexity index is 407. The number of hydrogen-bond acceptors (Lipinski definition) is 3. The van der Waals surface area contributed by atoms with Crippen molar-refractivity contribution >= 4 is 33.3 Å². The molecule has 0 bridgehead atoms. The fraction of sp³-hybridized carbons (Fsp3) is 0.583. The molecule has 1 atom stereocenters. The van der Waals surface area contributed by atoms with Gasteiger partial charge in [-0.2, -0.15) is 0 Å². The van der Waals surface area contributed by atoms with Crippen molar-refractivity contribution < 1.29 is 9.53 Å². The minimum absolute atomic E-state index is 0.123. The minimum atomic E-state index is -0.123. The Morgan fingerprint density at radius 1 is 1.67 bits per heavy atom. The number of ether oxygens (including phenoxy) is 1. The molecule has 18 heavy (non-hydrogen) atoms. The summed E-state index contributed by atoms with van der Waals surface area (Å²) in [7, 11) is 1.66. The number of hydrogen-bond donors (Lipinski definition) is 2. The summed E-state index contributed by atoms with van der Waals surface area (Å²) in [4.78, 5) is 11.8. The van der Waals surface area contributed by atoms with Crippen LogP contribution in [-0.2, 0) is 11.3 Å². The number of thiophene rings is 1. The van der Waals surface area contributed by atoms with Crippen molar-refractivity contribution in [2.24, 2.45) is 5.92 Å². The molecule has 1 aromatic rings. The standard InChI is InChI=1S/C12H17BrN2O2S/c1-17-7-10(8-2-3-8)15-12(16)14-6-9-4-5-18-11(9)13/h4-5,8,10H,2-3,6-7H2,1H3,(H2,14,15,16)/t10-/m0/s1. The van der Waals surface area contributed by atoms with Crippen LogP contribution in [0.4, 0.5) is 4.79 Å². The molecule has 4 nitrogen and oxygen atoms in total. The Morgan fingerprint density at radius 3 is 3.00 bits per heavy atom. The van der Waals surface area contributed by atoms with E-state index < -0.39 is 0 Å². The Balaban J connectivity index is 1.75. The van der Waals surface area contributed by atoms with Crippen molar-refractivity contribution in [1.82, 2.24) is 10.6 Å². The fourth-order valence-electron chi connectivity index (χ4n) is 1.81. The molecule has 0 spiro atoms. The van der Waals surface area contributed by atoms with Crippen LogP contribution >= 0.6 is 27.3 Å². The number of nitrogens with one attached hydrogen (secondary N) is 2. The number of urea groups is 1. The van der Waals surface area contributed by atoms with Crippen LogP contribution in [0.15, 0.2) is 15.2 Å². The van der Waals surface area contributed by atoms with Gasteiger partial charge in [0, 0.05) is 13.7 Å². The summed E-state index contributed by atoms with van der Waals surface area (Å²) in [5, 5.41) is 7.84. The highest BCUT2D eigenvalue weighted by Gasteiger charge is 2.32. The van der Waals surface area contributed by atoms with Crippen LogP contribution in [0.25, 0.3) is 0 Å². The number of rotatable bonds is 6. The van der Waals surface area contributed by atoms with Crippen molar-refractivity contribution in [1.29, 1.82) is 0 Å². The number of methoxy groups -OCH3 is 1. The predicted molar refractivity (Wildman–Crippen MR) is 75.8 cm³/mol. The Labute approximate surface area is 119 Å². The summed E-state index contributed by atoms with van der Waals surface area (Å²) in [6.45, 7) is 1.13. The molecule has 2 N–H and O–H groups in total. The van der Waals surface area contributed by atoms with E-state index >= 15 is 0 Å². The number of halogens is 1. The Kier molecular flexibility index (Phi) is 5.03. The summed E-state index contributed by atoms with van der Waals surface area (Å²) in [5.41, 5.74) is 1.10. The van der Waals surface area contributed by atoms with Crippen LogP contribution < -0.4 is 10.6 Å². The van der Waals surface area contributed by atoms with E-state index in [1.807, 2.05) is 11.4 Å². The quantitative estimate of drug-likeness (QED) is 0.841. The zero-order valence-corrected chi connectivity index (χ0v) is 12.6. The molecule has 0 saturated heterocycles. The van der Waals surface area contributed by atoms with Gasteiger partial charge in [0.05, 0.1) is 16.4 Å². The van der Waals surface area contributed by atoms with Gasteiger partial charge in [0.2, 0.25) is 0 Å². The van der Waals surface area contributed by atoms with Crippen molar-refractivity contribution in [3.05, 3.63) is 20.8 Å². The molecule has 1 heterocycles. The first-order valence-electron chi connectivity index (χ1n) is 5.96.